The van der Waals surface area contributed by atoms with Gasteiger partial charge in [0, 0.05) is 5.56 Å². The molecule has 84 valence electrons. The van der Waals surface area contributed by atoms with Crippen LogP contribution < -0.4 is 11.1 Å². The van der Waals surface area contributed by atoms with Gasteiger partial charge in [-0.15, -0.1) is 0 Å². The number of ketones is 1. The average molecular weight is 220 g/mol. The normalized spacial score (nSPS) is 12.9. The molecule has 1 unspecified atom stereocenters. The van der Waals surface area contributed by atoms with Crippen LogP contribution in [0.3, 0.4) is 0 Å². The van der Waals surface area contributed by atoms with Gasteiger partial charge in [0.25, 0.3) is 0 Å². The summed E-state index contributed by atoms with van der Waals surface area (Å²) in [5, 5.41) is 2.87. The Morgan fingerprint density at radius 3 is 2.94 bits per heavy atom. The van der Waals surface area contributed by atoms with Crippen molar-refractivity contribution >= 4 is 16.9 Å². The molecule has 0 aliphatic carbocycles. The fraction of sp³-hybridized carbons (Fsp3) is 0.273. The summed E-state index contributed by atoms with van der Waals surface area (Å²) in [4.78, 5) is 25.3. The quantitative estimate of drug-likeness (QED) is 0.754. The number of carbonyl (C=O) groups is 1. The lowest BCUT2D eigenvalue weighted by Crippen LogP contribution is -2.30. The molecule has 0 radical (unpaired) electrons. The number of hydrogen-bond acceptors (Lipinski definition) is 4. The molecule has 0 fully saturated rings. The fourth-order valence-corrected chi connectivity index (χ4v) is 1.48. The highest BCUT2D eigenvalue weighted by Gasteiger charge is 2.14. The van der Waals surface area contributed by atoms with E-state index in [1.165, 1.54) is 0 Å². The summed E-state index contributed by atoms with van der Waals surface area (Å²) in [6.07, 6.45) is 0. The van der Waals surface area contributed by atoms with Crippen molar-refractivity contribution < 1.29 is 9.21 Å². The van der Waals surface area contributed by atoms with E-state index < -0.39 is 5.76 Å². The molecule has 0 spiro atoms. The minimum Gasteiger partial charge on any atom is -0.408 e. The lowest BCUT2D eigenvalue weighted by atomic mass is 10.1. The van der Waals surface area contributed by atoms with Gasteiger partial charge in [0.1, 0.15) is 0 Å². The zero-order chi connectivity index (χ0) is 11.7. The SMILES string of the molecule is CNC(C)C(=O)c1ccc2[nH]c(=O)oc2c1. The van der Waals surface area contributed by atoms with Crippen LogP contribution in [-0.4, -0.2) is 23.9 Å². The third-order valence-corrected chi connectivity index (χ3v) is 2.53. The van der Waals surface area contributed by atoms with E-state index in [1.54, 1.807) is 32.2 Å². The van der Waals surface area contributed by atoms with Crippen molar-refractivity contribution in [3.8, 4) is 0 Å². The minimum absolute atomic E-state index is 0.0340. The predicted octanol–water partition coefficient (Wildman–Crippen LogP) is 0.912. The number of carbonyl (C=O) groups excluding carboxylic acids is 1. The first-order valence-corrected chi connectivity index (χ1v) is 4.96. The van der Waals surface area contributed by atoms with E-state index in [2.05, 4.69) is 10.3 Å². The van der Waals surface area contributed by atoms with E-state index in [4.69, 9.17) is 4.42 Å². The van der Waals surface area contributed by atoms with Gasteiger partial charge in [-0.25, -0.2) is 4.79 Å². The smallest absolute Gasteiger partial charge is 0.408 e. The van der Waals surface area contributed by atoms with Crippen LogP contribution >= 0.6 is 0 Å². The summed E-state index contributed by atoms with van der Waals surface area (Å²) >= 11 is 0. The van der Waals surface area contributed by atoms with E-state index in [1.807, 2.05) is 0 Å². The molecule has 1 aromatic carbocycles. The highest BCUT2D eigenvalue weighted by molar-refractivity contribution is 6.01. The number of rotatable bonds is 3. The second kappa shape index (κ2) is 3.94. The van der Waals surface area contributed by atoms with Gasteiger partial charge in [-0.05, 0) is 32.2 Å². The minimum atomic E-state index is -0.513. The Kier molecular flexibility index (Phi) is 2.62. The molecule has 0 saturated heterocycles. The molecule has 1 heterocycles. The molecular formula is C11H12N2O3. The Morgan fingerprint density at radius 1 is 1.50 bits per heavy atom. The van der Waals surface area contributed by atoms with Crippen LogP contribution in [0.15, 0.2) is 27.4 Å². The molecule has 2 rings (SSSR count). The van der Waals surface area contributed by atoms with Gasteiger partial charge in [0.15, 0.2) is 11.4 Å². The lowest BCUT2D eigenvalue weighted by molar-refractivity contribution is 0.0955. The van der Waals surface area contributed by atoms with Gasteiger partial charge in [-0.3, -0.25) is 9.78 Å². The van der Waals surface area contributed by atoms with Crippen molar-refractivity contribution in [2.75, 3.05) is 7.05 Å². The van der Waals surface area contributed by atoms with E-state index in [0.717, 1.165) is 0 Å². The number of H-pyrrole nitrogens is 1. The Bertz CT molecular complexity index is 582. The van der Waals surface area contributed by atoms with Gasteiger partial charge in [-0.2, -0.15) is 0 Å². The number of fused-ring (bicyclic) bond motifs is 1. The van der Waals surface area contributed by atoms with Crippen LogP contribution in [0.25, 0.3) is 11.1 Å². The summed E-state index contributed by atoms with van der Waals surface area (Å²) in [6.45, 7) is 1.78. The largest absolute Gasteiger partial charge is 0.417 e. The highest BCUT2D eigenvalue weighted by atomic mass is 16.4. The molecule has 0 aliphatic rings. The predicted molar refractivity (Wildman–Crippen MR) is 59.7 cm³/mol. The maximum Gasteiger partial charge on any atom is 0.417 e. The molecule has 16 heavy (non-hydrogen) atoms. The summed E-state index contributed by atoms with van der Waals surface area (Å²) in [5.41, 5.74) is 1.52. The van der Waals surface area contributed by atoms with Crippen LogP contribution in [0.2, 0.25) is 0 Å². The number of hydrogen-bond donors (Lipinski definition) is 2. The van der Waals surface area contributed by atoms with E-state index in [-0.39, 0.29) is 11.8 Å². The first-order chi connectivity index (χ1) is 7.61. The van der Waals surface area contributed by atoms with Gasteiger partial charge in [0.05, 0.1) is 11.6 Å². The first kappa shape index (κ1) is 10.6. The highest BCUT2D eigenvalue weighted by Crippen LogP contribution is 2.13. The van der Waals surface area contributed by atoms with E-state index in [0.29, 0.717) is 16.7 Å². The number of oxazole rings is 1. The fourth-order valence-electron chi connectivity index (χ4n) is 1.48. The molecule has 1 aromatic heterocycles. The third-order valence-electron chi connectivity index (χ3n) is 2.53. The summed E-state index contributed by atoms with van der Waals surface area (Å²) in [6, 6.07) is 4.64. The Morgan fingerprint density at radius 2 is 2.25 bits per heavy atom. The second-order valence-electron chi connectivity index (χ2n) is 3.60. The number of likely N-dealkylation sites (N-methyl/N-ethyl adjacent to an activating group) is 1. The number of nitrogens with one attached hydrogen (secondary N) is 2. The molecule has 2 aromatic rings. The van der Waals surface area contributed by atoms with Crippen molar-refractivity contribution in [2.45, 2.75) is 13.0 Å². The molecule has 0 saturated carbocycles. The van der Waals surface area contributed by atoms with E-state index in [9.17, 15) is 9.59 Å². The molecule has 5 nitrogen and oxygen atoms in total. The Hall–Kier alpha value is -1.88. The zero-order valence-corrected chi connectivity index (χ0v) is 9.03. The zero-order valence-electron chi connectivity index (χ0n) is 9.03. The third kappa shape index (κ3) is 1.77. The van der Waals surface area contributed by atoms with Crippen LogP contribution in [0.4, 0.5) is 0 Å². The van der Waals surface area contributed by atoms with Crippen LogP contribution in [-0.2, 0) is 0 Å². The molecule has 1 atom stereocenters. The second-order valence-corrected chi connectivity index (χ2v) is 3.60. The maximum atomic E-state index is 11.8. The first-order valence-electron chi connectivity index (χ1n) is 4.96. The molecule has 0 bridgehead atoms. The standard InChI is InChI=1S/C11H12N2O3/c1-6(12-2)10(14)7-3-4-8-9(5-7)16-11(15)13-8/h3-6,12H,1-2H3,(H,13,15). The average Bonchev–Trinajstić information content (AvgIpc) is 2.65. The van der Waals surface area contributed by atoms with Crippen LogP contribution in [0.5, 0.6) is 0 Å². The topological polar surface area (TPSA) is 75.1 Å². The lowest BCUT2D eigenvalue weighted by Gasteiger charge is -2.08. The van der Waals surface area contributed by atoms with Crippen molar-refractivity contribution in [2.24, 2.45) is 0 Å². The molecular weight excluding hydrogens is 208 g/mol. The number of Topliss-reactive ketones (excluding diaryl/α,β-unsaturated/α-hetero) is 1. The van der Waals surface area contributed by atoms with Crippen molar-refractivity contribution in [1.82, 2.24) is 10.3 Å². The molecule has 0 aliphatic heterocycles. The summed E-state index contributed by atoms with van der Waals surface area (Å²) < 4.78 is 4.89. The number of benzene rings is 1. The number of aromatic amines is 1. The van der Waals surface area contributed by atoms with Crippen molar-refractivity contribution in [3.63, 3.8) is 0 Å². The molecule has 2 N–H and O–H groups in total. The molecule has 5 heteroatoms. The van der Waals surface area contributed by atoms with Crippen LogP contribution in [0.1, 0.15) is 17.3 Å². The van der Waals surface area contributed by atoms with Crippen molar-refractivity contribution in [3.05, 3.63) is 34.3 Å². The number of aromatic nitrogens is 1. The van der Waals surface area contributed by atoms with Gasteiger partial charge in [-0.1, -0.05) is 0 Å². The Balaban J connectivity index is 2.46. The molecule has 0 amide bonds. The van der Waals surface area contributed by atoms with Gasteiger partial charge >= 0.3 is 5.76 Å². The van der Waals surface area contributed by atoms with Gasteiger partial charge < -0.3 is 9.73 Å². The van der Waals surface area contributed by atoms with E-state index >= 15 is 0 Å². The van der Waals surface area contributed by atoms with Gasteiger partial charge in [0.2, 0.25) is 0 Å². The summed E-state index contributed by atoms with van der Waals surface area (Å²) in [7, 11) is 1.72. The summed E-state index contributed by atoms with van der Waals surface area (Å²) in [5.74, 6) is -0.547. The maximum absolute atomic E-state index is 11.8. The monoisotopic (exact) mass is 220 g/mol. The van der Waals surface area contributed by atoms with Crippen LogP contribution in [0, 0.1) is 0 Å². The van der Waals surface area contributed by atoms with Crippen molar-refractivity contribution in [1.29, 1.82) is 0 Å². The Labute approximate surface area is 91.5 Å².